The number of hydrogen-bond donors (Lipinski definition) is 1. The first-order valence-electron chi connectivity index (χ1n) is 5.53. The van der Waals surface area contributed by atoms with Gasteiger partial charge in [0.2, 0.25) is 5.88 Å². The third kappa shape index (κ3) is 2.77. The predicted molar refractivity (Wildman–Crippen MR) is 70.6 cm³/mol. The van der Waals surface area contributed by atoms with E-state index < -0.39 is 6.10 Å². The van der Waals surface area contributed by atoms with Crippen molar-refractivity contribution in [2.75, 3.05) is 14.2 Å². The summed E-state index contributed by atoms with van der Waals surface area (Å²) in [5.74, 6) is 0.779. The fourth-order valence-electron chi connectivity index (χ4n) is 1.75. The molecule has 0 fully saturated rings. The van der Waals surface area contributed by atoms with Gasteiger partial charge in [-0.25, -0.2) is 4.98 Å². The fourth-order valence-corrected chi connectivity index (χ4v) is 1.93. The minimum atomic E-state index is -1.03. The Morgan fingerprint density at radius 1 is 1.16 bits per heavy atom. The zero-order valence-corrected chi connectivity index (χ0v) is 11.3. The molecule has 5 nitrogen and oxygen atoms in total. The Labute approximate surface area is 115 Å². The monoisotopic (exact) mass is 280 g/mol. The first-order valence-corrected chi connectivity index (χ1v) is 5.91. The van der Waals surface area contributed by atoms with Gasteiger partial charge in [-0.3, -0.25) is 4.98 Å². The third-order valence-electron chi connectivity index (χ3n) is 2.63. The van der Waals surface area contributed by atoms with E-state index in [9.17, 15) is 5.11 Å². The van der Waals surface area contributed by atoms with Gasteiger partial charge >= 0.3 is 0 Å². The van der Waals surface area contributed by atoms with Crippen LogP contribution in [0.15, 0.2) is 30.6 Å². The zero-order chi connectivity index (χ0) is 13.8. The summed E-state index contributed by atoms with van der Waals surface area (Å²) in [4.78, 5) is 8.10. The van der Waals surface area contributed by atoms with Crippen LogP contribution in [0.2, 0.25) is 5.02 Å². The number of aliphatic hydroxyl groups excluding tert-OH is 1. The lowest BCUT2D eigenvalue weighted by molar-refractivity contribution is 0.202. The average Bonchev–Trinajstić information content (AvgIpc) is 2.46. The highest BCUT2D eigenvalue weighted by Gasteiger charge is 2.21. The maximum atomic E-state index is 10.4. The first kappa shape index (κ1) is 13.6. The molecule has 0 aliphatic carbocycles. The molecule has 0 saturated carbocycles. The van der Waals surface area contributed by atoms with Gasteiger partial charge in [-0.15, -0.1) is 0 Å². The van der Waals surface area contributed by atoms with Crippen LogP contribution in [0.5, 0.6) is 11.6 Å². The van der Waals surface area contributed by atoms with E-state index in [-0.39, 0.29) is 5.88 Å². The summed E-state index contributed by atoms with van der Waals surface area (Å²) in [5.41, 5.74) is 0.819. The molecule has 0 amide bonds. The number of nitrogens with zero attached hydrogens (tertiary/aromatic N) is 2. The minimum Gasteiger partial charge on any atom is -0.496 e. The summed E-state index contributed by atoms with van der Waals surface area (Å²) in [6, 6.07) is 4.99. The van der Waals surface area contributed by atoms with Crippen molar-refractivity contribution in [3.63, 3.8) is 0 Å². The van der Waals surface area contributed by atoms with Crippen LogP contribution < -0.4 is 9.47 Å². The molecular formula is C13H13ClN2O3. The quantitative estimate of drug-likeness (QED) is 0.930. The summed E-state index contributed by atoms with van der Waals surface area (Å²) in [7, 11) is 2.99. The zero-order valence-electron chi connectivity index (χ0n) is 10.5. The summed E-state index contributed by atoms with van der Waals surface area (Å²) in [6.07, 6.45) is 1.94. The van der Waals surface area contributed by atoms with Gasteiger partial charge in [0.15, 0.2) is 0 Å². The van der Waals surface area contributed by atoms with Crippen LogP contribution in [0, 0.1) is 0 Å². The second-order valence-corrected chi connectivity index (χ2v) is 4.18. The molecule has 1 heterocycles. The second-order valence-electron chi connectivity index (χ2n) is 3.74. The average molecular weight is 281 g/mol. The smallest absolute Gasteiger partial charge is 0.238 e. The Kier molecular flexibility index (Phi) is 4.19. The largest absolute Gasteiger partial charge is 0.496 e. The van der Waals surface area contributed by atoms with Gasteiger partial charge in [0.05, 0.1) is 14.2 Å². The molecule has 2 rings (SSSR count). The van der Waals surface area contributed by atoms with Crippen molar-refractivity contribution in [2.24, 2.45) is 0 Å². The van der Waals surface area contributed by atoms with Gasteiger partial charge in [-0.1, -0.05) is 11.6 Å². The number of aromatic nitrogens is 2. The summed E-state index contributed by atoms with van der Waals surface area (Å²) in [5, 5.41) is 10.9. The van der Waals surface area contributed by atoms with E-state index in [1.54, 1.807) is 18.2 Å². The van der Waals surface area contributed by atoms with Crippen LogP contribution >= 0.6 is 11.6 Å². The Morgan fingerprint density at radius 3 is 2.58 bits per heavy atom. The normalized spacial score (nSPS) is 12.0. The van der Waals surface area contributed by atoms with Crippen molar-refractivity contribution in [3.05, 3.63) is 46.9 Å². The van der Waals surface area contributed by atoms with Crippen LogP contribution in [0.25, 0.3) is 0 Å². The third-order valence-corrected chi connectivity index (χ3v) is 2.86. The van der Waals surface area contributed by atoms with Gasteiger partial charge in [0.1, 0.15) is 17.5 Å². The van der Waals surface area contributed by atoms with Gasteiger partial charge in [0, 0.05) is 23.0 Å². The molecule has 0 bridgehead atoms. The molecule has 19 heavy (non-hydrogen) atoms. The Balaban J connectivity index is 2.49. The Hall–Kier alpha value is -1.85. The molecule has 6 heteroatoms. The van der Waals surface area contributed by atoms with Crippen molar-refractivity contribution in [3.8, 4) is 11.6 Å². The summed E-state index contributed by atoms with van der Waals surface area (Å²) in [6.45, 7) is 0. The number of benzene rings is 1. The van der Waals surface area contributed by atoms with E-state index in [2.05, 4.69) is 9.97 Å². The van der Waals surface area contributed by atoms with Crippen LogP contribution in [0.3, 0.4) is 0 Å². The van der Waals surface area contributed by atoms with Crippen LogP contribution in [-0.4, -0.2) is 29.3 Å². The molecule has 0 saturated heterocycles. The van der Waals surface area contributed by atoms with Crippen molar-refractivity contribution < 1.29 is 14.6 Å². The highest BCUT2D eigenvalue weighted by molar-refractivity contribution is 6.30. The van der Waals surface area contributed by atoms with E-state index >= 15 is 0 Å². The summed E-state index contributed by atoms with van der Waals surface area (Å²) < 4.78 is 10.3. The molecule has 0 aliphatic rings. The van der Waals surface area contributed by atoms with E-state index in [4.69, 9.17) is 21.1 Å². The fraction of sp³-hybridized carbons (Fsp3) is 0.231. The minimum absolute atomic E-state index is 0.261. The van der Waals surface area contributed by atoms with Gasteiger partial charge in [-0.2, -0.15) is 0 Å². The first-order chi connectivity index (χ1) is 9.17. The van der Waals surface area contributed by atoms with Crippen molar-refractivity contribution >= 4 is 11.6 Å². The molecular weight excluding hydrogens is 268 g/mol. The lowest BCUT2D eigenvalue weighted by Crippen LogP contribution is -2.07. The maximum absolute atomic E-state index is 10.4. The standard InChI is InChI=1S/C13H13ClN2O3/c1-18-10-4-3-8(14)7-9(10)12(17)11-13(19-2)16-6-5-15-11/h3-7,12,17H,1-2H3. The number of aliphatic hydroxyl groups is 1. The second kappa shape index (κ2) is 5.86. The van der Waals surface area contributed by atoms with Crippen molar-refractivity contribution in [2.45, 2.75) is 6.10 Å². The van der Waals surface area contributed by atoms with Crippen LogP contribution in [0.4, 0.5) is 0 Å². The Morgan fingerprint density at radius 2 is 1.89 bits per heavy atom. The van der Waals surface area contributed by atoms with E-state index in [0.29, 0.717) is 22.0 Å². The van der Waals surface area contributed by atoms with E-state index in [1.807, 2.05) is 0 Å². The van der Waals surface area contributed by atoms with Gasteiger partial charge < -0.3 is 14.6 Å². The number of halogens is 1. The molecule has 1 atom stereocenters. The Bertz CT molecular complexity index is 578. The van der Waals surface area contributed by atoms with Crippen molar-refractivity contribution in [1.29, 1.82) is 0 Å². The van der Waals surface area contributed by atoms with Crippen LogP contribution in [-0.2, 0) is 0 Å². The molecule has 0 radical (unpaired) electrons. The molecule has 0 spiro atoms. The summed E-state index contributed by atoms with van der Waals surface area (Å²) >= 11 is 5.95. The lowest BCUT2D eigenvalue weighted by atomic mass is 10.1. The number of hydrogen-bond acceptors (Lipinski definition) is 5. The number of ether oxygens (including phenoxy) is 2. The van der Waals surface area contributed by atoms with Crippen molar-refractivity contribution in [1.82, 2.24) is 9.97 Å². The SMILES string of the molecule is COc1ccc(Cl)cc1C(O)c1nccnc1OC. The van der Waals surface area contributed by atoms with Crippen LogP contribution in [0.1, 0.15) is 17.4 Å². The molecule has 1 unspecified atom stereocenters. The highest BCUT2D eigenvalue weighted by atomic mass is 35.5. The number of rotatable bonds is 4. The van der Waals surface area contributed by atoms with Gasteiger partial charge in [-0.05, 0) is 18.2 Å². The predicted octanol–water partition coefficient (Wildman–Crippen LogP) is 2.23. The van der Waals surface area contributed by atoms with E-state index in [1.165, 1.54) is 26.6 Å². The molecule has 0 aliphatic heterocycles. The molecule has 1 N–H and O–H groups in total. The highest BCUT2D eigenvalue weighted by Crippen LogP contribution is 2.33. The maximum Gasteiger partial charge on any atom is 0.238 e. The molecule has 1 aromatic heterocycles. The molecule has 2 aromatic rings. The molecule has 1 aromatic carbocycles. The number of methoxy groups -OCH3 is 2. The van der Waals surface area contributed by atoms with E-state index in [0.717, 1.165) is 0 Å². The van der Waals surface area contributed by atoms with Gasteiger partial charge in [0.25, 0.3) is 0 Å². The lowest BCUT2D eigenvalue weighted by Gasteiger charge is -2.16. The topological polar surface area (TPSA) is 64.5 Å². The molecule has 100 valence electrons.